The molecule has 2 aromatic carbocycles. The highest BCUT2D eigenvalue weighted by atomic mass is 35.5. The number of anilines is 1. The third kappa shape index (κ3) is 2.82. The van der Waals surface area contributed by atoms with Crippen LogP contribution in [0.25, 0.3) is 11.1 Å². The maximum Gasteiger partial charge on any atom is 0.0484 e. The maximum absolute atomic E-state index is 6.23. The van der Waals surface area contributed by atoms with Crippen LogP contribution in [-0.2, 0) is 0 Å². The molecule has 1 aliphatic heterocycles. The molecule has 0 unspecified atom stereocenters. The highest BCUT2D eigenvalue weighted by Gasteiger charge is 2.14. The van der Waals surface area contributed by atoms with Gasteiger partial charge in [0.25, 0.3) is 0 Å². The van der Waals surface area contributed by atoms with Gasteiger partial charge >= 0.3 is 0 Å². The van der Waals surface area contributed by atoms with Crippen LogP contribution in [0.4, 0.5) is 5.69 Å². The van der Waals surface area contributed by atoms with Crippen LogP contribution in [0.2, 0.25) is 5.02 Å². The summed E-state index contributed by atoms with van der Waals surface area (Å²) >= 11 is 6.23. The predicted molar refractivity (Wildman–Crippen MR) is 85.4 cm³/mol. The van der Waals surface area contributed by atoms with Crippen molar-refractivity contribution < 1.29 is 0 Å². The van der Waals surface area contributed by atoms with Crippen molar-refractivity contribution >= 4 is 17.3 Å². The zero-order chi connectivity index (χ0) is 13.9. The molecule has 1 fully saturated rings. The standard InChI is InChI=1S/C17H18ClN2/c1-19-10-12-20(13-11-19)15-8-6-14(7-9-15)16-4-2-3-5-17(16)18/h2-8H,10-13H2,1H3. The third-order valence-electron chi connectivity index (χ3n) is 3.83. The molecule has 20 heavy (non-hydrogen) atoms. The van der Waals surface area contributed by atoms with Gasteiger partial charge in [-0.2, -0.15) is 0 Å². The van der Waals surface area contributed by atoms with Gasteiger partial charge in [0.15, 0.2) is 0 Å². The molecule has 2 aromatic rings. The lowest BCUT2D eigenvalue weighted by atomic mass is 10.1. The monoisotopic (exact) mass is 285 g/mol. The van der Waals surface area contributed by atoms with Gasteiger partial charge in [-0.1, -0.05) is 35.9 Å². The van der Waals surface area contributed by atoms with Crippen LogP contribution in [0.15, 0.2) is 42.5 Å². The average molecular weight is 286 g/mol. The number of nitrogens with zero attached hydrogens (tertiary/aromatic N) is 2. The van der Waals surface area contributed by atoms with E-state index in [1.54, 1.807) is 0 Å². The lowest BCUT2D eigenvalue weighted by Crippen LogP contribution is -2.44. The molecule has 0 amide bonds. The molecule has 1 radical (unpaired) electrons. The molecule has 3 heteroatoms. The number of benzene rings is 2. The fraction of sp³-hybridized carbons (Fsp3) is 0.294. The van der Waals surface area contributed by atoms with E-state index in [9.17, 15) is 0 Å². The van der Waals surface area contributed by atoms with Gasteiger partial charge in [0.05, 0.1) is 0 Å². The van der Waals surface area contributed by atoms with Crippen LogP contribution in [-0.4, -0.2) is 38.1 Å². The number of halogens is 1. The number of rotatable bonds is 2. The summed E-state index contributed by atoms with van der Waals surface area (Å²) in [5.74, 6) is 0. The molecule has 1 saturated heterocycles. The average Bonchev–Trinajstić information content (AvgIpc) is 2.49. The Morgan fingerprint density at radius 3 is 2.40 bits per heavy atom. The lowest BCUT2D eigenvalue weighted by molar-refractivity contribution is 0.313. The molecule has 0 aliphatic carbocycles. The first-order valence-corrected chi connectivity index (χ1v) is 7.32. The summed E-state index contributed by atoms with van der Waals surface area (Å²) in [7, 11) is 2.17. The van der Waals surface area contributed by atoms with Crippen LogP contribution >= 0.6 is 11.6 Å². The second-order valence-electron chi connectivity index (χ2n) is 5.23. The molecule has 3 rings (SSSR count). The van der Waals surface area contributed by atoms with Gasteiger partial charge in [0.1, 0.15) is 0 Å². The number of hydrogen-bond acceptors (Lipinski definition) is 2. The Morgan fingerprint density at radius 2 is 1.75 bits per heavy atom. The highest BCUT2D eigenvalue weighted by Crippen LogP contribution is 2.29. The quantitative estimate of drug-likeness (QED) is 0.832. The first-order chi connectivity index (χ1) is 9.74. The van der Waals surface area contributed by atoms with Crippen molar-refractivity contribution in [3.8, 4) is 11.1 Å². The van der Waals surface area contributed by atoms with Gasteiger partial charge in [-0.05, 0) is 30.8 Å². The van der Waals surface area contributed by atoms with E-state index in [1.807, 2.05) is 30.3 Å². The summed E-state index contributed by atoms with van der Waals surface area (Å²) in [6.45, 7) is 4.36. The minimum atomic E-state index is 0.785. The topological polar surface area (TPSA) is 6.48 Å². The van der Waals surface area contributed by atoms with Crippen LogP contribution in [0.3, 0.4) is 0 Å². The van der Waals surface area contributed by atoms with Gasteiger partial charge < -0.3 is 9.80 Å². The number of hydrogen-bond donors (Lipinski definition) is 0. The van der Waals surface area contributed by atoms with E-state index in [-0.39, 0.29) is 0 Å². The van der Waals surface area contributed by atoms with E-state index in [4.69, 9.17) is 11.6 Å². The SMILES string of the molecule is CN1CCN(c2[c]cc(-c3ccccc3Cl)cc2)CC1. The normalized spacial score (nSPS) is 16.4. The van der Waals surface area contributed by atoms with Gasteiger partial charge in [0.2, 0.25) is 0 Å². The molecule has 0 bridgehead atoms. The van der Waals surface area contributed by atoms with Gasteiger partial charge in [-0.3, -0.25) is 0 Å². The van der Waals surface area contributed by atoms with Crippen LogP contribution in [0.5, 0.6) is 0 Å². The molecule has 2 nitrogen and oxygen atoms in total. The summed E-state index contributed by atoms with van der Waals surface area (Å²) < 4.78 is 0. The number of likely N-dealkylation sites (N-methyl/N-ethyl adjacent to an activating group) is 1. The minimum absolute atomic E-state index is 0.785. The summed E-state index contributed by atoms with van der Waals surface area (Å²) in [6, 6.07) is 17.6. The Kier molecular flexibility index (Phi) is 3.95. The fourth-order valence-electron chi connectivity index (χ4n) is 2.52. The van der Waals surface area contributed by atoms with Crippen molar-refractivity contribution in [3.05, 3.63) is 53.6 Å². The van der Waals surface area contributed by atoms with Crippen molar-refractivity contribution in [3.63, 3.8) is 0 Å². The third-order valence-corrected chi connectivity index (χ3v) is 4.15. The van der Waals surface area contributed by atoms with Crippen LogP contribution in [0.1, 0.15) is 0 Å². The molecule has 0 saturated carbocycles. The molecular formula is C17H18ClN2. The predicted octanol–water partition coefficient (Wildman–Crippen LogP) is 3.56. The smallest absolute Gasteiger partial charge is 0.0484 e. The van der Waals surface area contributed by atoms with E-state index >= 15 is 0 Å². The molecule has 1 heterocycles. The first-order valence-electron chi connectivity index (χ1n) is 6.94. The van der Waals surface area contributed by atoms with Crippen LogP contribution in [0, 0.1) is 6.07 Å². The lowest BCUT2D eigenvalue weighted by Gasteiger charge is -2.33. The summed E-state index contributed by atoms with van der Waals surface area (Å²) in [6.07, 6.45) is 0. The van der Waals surface area contributed by atoms with E-state index in [2.05, 4.69) is 35.0 Å². The molecule has 0 spiro atoms. The van der Waals surface area contributed by atoms with E-state index in [1.165, 1.54) is 5.69 Å². The van der Waals surface area contributed by atoms with Crippen molar-refractivity contribution in [2.45, 2.75) is 0 Å². The number of piperazine rings is 1. The van der Waals surface area contributed by atoms with E-state index in [0.29, 0.717) is 0 Å². The summed E-state index contributed by atoms with van der Waals surface area (Å²) in [5.41, 5.74) is 3.36. The second kappa shape index (κ2) is 5.86. The molecule has 0 N–H and O–H groups in total. The molecule has 1 aliphatic rings. The molecule has 103 valence electrons. The largest absolute Gasteiger partial charge is 0.368 e. The summed E-state index contributed by atoms with van der Waals surface area (Å²) in [4.78, 5) is 4.74. The first kappa shape index (κ1) is 13.5. The van der Waals surface area contributed by atoms with Gasteiger partial charge in [-0.25, -0.2) is 0 Å². The van der Waals surface area contributed by atoms with E-state index in [0.717, 1.165) is 42.3 Å². The van der Waals surface area contributed by atoms with Crippen molar-refractivity contribution in [1.29, 1.82) is 0 Å². The maximum atomic E-state index is 6.23. The highest BCUT2D eigenvalue weighted by molar-refractivity contribution is 6.33. The minimum Gasteiger partial charge on any atom is -0.368 e. The second-order valence-corrected chi connectivity index (χ2v) is 5.64. The zero-order valence-electron chi connectivity index (χ0n) is 11.6. The molecular weight excluding hydrogens is 268 g/mol. The van der Waals surface area contributed by atoms with Crippen LogP contribution < -0.4 is 4.90 Å². The fourth-order valence-corrected chi connectivity index (χ4v) is 2.77. The van der Waals surface area contributed by atoms with Crippen molar-refractivity contribution in [1.82, 2.24) is 4.90 Å². The van der Waals surface area contributed by atoms with Crippen molar-refractivity contribution in [2.24, 2.45) is 0 Å². The van der Waals surface area contributed by atoms with Gasteiger partial charge in [-0.15, -0.1) is 0 Å². The Morgan fingerprint density at radius 1 is 1.00 bits per heavy atom. The molecule has 0 aromatic heterocycles. The van der Waals surface area contributed by atoms with Crippen molar-refractivity contribution in [2.75, 3.05) is 38.1 Å². The Labute approximate surface area is 125 Å². The summed E-state index contributed by atoms with van der Waals surface area (Å²) in [5, 5.41) is 0.785. The zero-order valence-corrected chi connectivity index (χ0v) is 12.4. The Hall–Kier alpha value is -1.51. The molecule has 0 atom stereocenters. The van der Waals surface area contributed by atoms with E-state index < -0.39 is 0 Å². The Balaban J connectivity index is 1.80. The Bertz CT molecular complexity index is 572. The van der Waals surface area contributed by atoms with Gasteiger partial charge in [0, 0.05) is 48.5 Å².